The van der Waals surface area contributed by atoms with Crippen molar-refractivity contribution in [2.45, 2.75) is 20.4 Å². The van der Waals surface area contributed by atoms with Gasteiger partial charge >= 0.3 is 6.03 Å². The number of rotatable bonds is 5. The third-order valence-corrected chi connectivity index (χ3v) is 4.81. The Morgan fingerprint density at radius 2 is 1.70 bits per heavy atom. The Kier molecular flexibility index (Phi) is 5.77. The number of carbonyl (C=O) groups excluding carboxylic acids is 2. The minimum atomic E-state index is -0.406. The third kappa shape index (κ3) is 5.11. The molecule has 27 heavy (non-hydrogen) atoms. The number of nitrogens with one attached hydrogen (secondary N) is 3. The second-order valence-electron chi connectivity index (χ2n) is 5.92. The first-order valence-electron chi connectivity index (χ1n) is 8.30. The van der Waals surface area contributed by atoms with Gasteiger partial charge in [0.1, 0.15) is 4.88 Å². The zero-order chi connectivity index (χ0) is 19.2. The van der Waals surface area contributed by atoms with Gasteiger partial charge in [0.05, 0.1) is 5.69 Å². The van der Waals surface area contributed by atoms with Gasteiger partial charge in [0.2, 0.25) is 0 Å². The minimum Gasteiger partial charge on any atom is -0.347 e. The largest absolute Gasteiger partial charge is 0.347 e. The molecule has 0 aliphatic carbocycles. The van der Waals surface area contributed by atoms with Gasteiger partial charge in [-0.25, -0.2) is 9.78 Å². The summed E-state index contributed by atoms with van der Waals surface area (Å²) >= 11 is 1.14. The summed E-state index contributed by atoms with van der Waals surface area (Å²) in [6, 6.07) is 10.7. The number of anilines is 2. The van der Waals surface area contributed by atoms with Gasteiger partial charge in [-0.05, 0) is 43.7 Å². The summed E-state index contributed by atoms with van der Waals surface area (Å²) in [7, 11) is 0. The molecule has 0 bridgehead atoms. The number of amides is 3. The van der Waals surface area contributed by atoms with Gasteiger partial charge in [-0.1, -0.05) is 29.0 Å². The first kappa shape index (κ1) is 18.5. The van der Waals surface area contributed by atoms with Crippen LogP contribution in [0.2, 0.25) is 0 Å². The number of hydrogen-bond donors (Lipinski definition) is 3. The Hall–Kier alpha value is -3.26. The molecule has 0 saturated carbocycles. The van der Waals surface area contributed by atoms with Crippen molar-refractivity contribution >= 4 is 34.1 Å². The first-order chi connectivity index (χ1) is 13.0. The van der Waals surface area contributed by atoms with Crippen molar-refractivity contribution in [3.63, 3.8) is 0 Å². The van der Waals surface area contributed by atoms with Crippen molar-refractivity contribution in [2.24, 2.45) is 0 Å². The molecule has 2 heterocycles. The number of aromatic nitrogens is 2. The topological polar surface area (TPSA) is 96.0 Å². The summed E-state index contributed by atoms with van der Waals surface area (Å²) in [5, 5.41) is 8.61. The summed E-state index contributed by atoms with van der Waals surface area (Å²) in [6.45, 7) is 4.11. The molecule has 0 aliphatic rings. The maximum atomic E-state index is 12.4. The van der Waals surface area contributed by atoms with E-state index in [1.54, 1.807) is 19.3 Å². The Morgan fingerprint density at radius 3 is 2.41 bits per heavy atom. The first-order valence-corrected chi connectivity index (χ1v) is 9.12. The molecule has 138 valence electrons. The van der Waals surface area contributed by atoms with E-state index in [1.807, 2.05) is 43.3 Å². The van der Waals surface area contributed by atoms with Crippen LogP contribution >= 0.6 is 11.3 Å². The average molecular weight is 381 g/mol. The number of nitrogens with zero attached hydrogens (tertiary/aromatic N) is 2. The summed E-state index contributed by atoms with van der Waals surface area (Å²) in [4.78, 5) is 33.2. The van der Waals surface area contributed by atoms with Crippen LogP contribution in [0.25, 0.3) is 0 Å². The zero-order valence-corrected chi connectivity index (χ0v) is 15.8. The lowest BCUT2D eigenvalue weighted by Crippen LogP contribution is -2.22. The molecule has 0 saturated heterocycles. The fourth-order valence-corrected chi connectivity index (χ4v) is 3.20. The molecule has 2 aromatic heterocycles. The molecule has 8 heteroatoms. The van der Waals surface area contributed by atoms with Crippen LogP contribution in [-0.2, 0) is 6.54 Å². The molecular weight excluding hydrogens is 362 g/mol. The van der Waals surface area contributed by atoms with Crippen molar-refractivity contribution in [1.82, 2.24) is 15.3 Å². The second kappa shape index (κ2) is 8.41. The van der Waals surface area contributed by atoms with E-state index in [9.17, 15) is 9.59 Å². The van der Waals surface area contributed by atoms with Crippen LogP contribution in [0.4, 0.5) is 15.6 Å². The number of thiazole rings is 1. The van der Waals surface area contributed by atoms with E-state index in [2.05, 4.69) is 25.9 Å². The molecule has 3 rings (SSSR count). The molecule has 0 fully saturated rings. The Labute approximate surface area is 160 Å². The van der Waals surface area contributed by atoms with Crippen LogP contribution in [-0.4, -0.2) is 21.9 Å². The van der Waals surface area contributed by atoms with Gasteiger partial charge in [0.25, 0.3) is 5.91 Å². The number of carbonyl (C=O) groups is 2. The highest BCUT2D eigenvalue weighted by Crippen LogP contribution is 2.23. The number of hydrogen-bond acceptors (Lipinski definition) is 5. The highest BCUT2D eigenvalue weighted by molar-refractivity contribution is 7.17. The van der Waals surface area contributed by atoms with Gasteiger partial charge in [-0.2, -0.15) is 0 Å². The van der Waals surface area contributed by atoms with Crippen LogP contribution in [0.1, 0.15) is 26.5 Å². The fraction of sp³-hybridized carbons (Fsp3) is 0.158. The maximum Gasteiger partial charge on any atom is 0.325 e. The molecule has 7 nitrogen and oxygen atoms in total. The molecule has 3 N–H and O–H groups in total. The highest BCUT2D eigenvalue weighted by Gasteiger charge is 2.16. The van der Waals surface area contributed by atoms with Gasteiger partial charge in [-0.3, -0.25) is 15.1 Å². The van der Waals surface area contributed by atoms with Crippen molar-refractivity contribution in [3.8, 4) is 0 Å². The van der Waals surface area contributed by atoms with Gasteiger partial charge in [-0.15, -0.1) is 0 Å². The molecule has 0 unspecified atom stereocenters. The summed E-state index contributed by atoms with van der Waals surface area (Å²) in [5.41, 5.74) is 3.31. The van der Waals surface area contributed by atoms with E-state index in [0.717, 1.165) is 22.5 Å². The summed E-state index contributed by atoms with van der Waals surface area (Å²) < 4.78 is 0. The molecular formula is C19H19N5O2S. The normalized spacial score (nSPS) is 10.3. The summed E-state index contributed by atoms with van der Waals surface area (Å²) in [5.74, 6) is -0.228. The Balaban J connectivity index is 1.59. The highest BCUT2D eigenvalue weighted by atomic mass is 32.1. The predicted molar refractivity (Wildman–Crippen MR) is 106 cm³/mol. The zero-order valence-electron chi connectivity index (χ0n) is 14.9. The number of urea groups is 1. The second-order valence-corrected chi connectivity index (χ2v) is 6.92. The van der Waals surface area contributed by atoms with E-state index in [-0.39, 0.29) is 5.91 Å². The minimum absolute atomic E-state index is 0.228. The van der Waals surface area contributed by atoms with E-state index in [1.165, 1.54) is 0 Å². The molecule has 1 aromatic carbocycles. The van der Waals surface area contributed by atoms with Crippen molar-refractivity contribution in [3.05, 3.63) is 70.5 Å². The van der Waals surface area contributed by atoms with Gasteiger partial charge in [0, 0.05) is 24.6 Å². The standard InChI is InChI=1S/C19H19N5O2S/c1-12-3-5-15(6-4-12)23-18(26)24-19-22-13(2)16(27-19)17(25)21-11-14-7-9-20-10-8-14/h3-10H,11H2,1-2H3,(H,21,25)(H2,22,23,24,26). The SMILES string of the molecule is Cc1ccc(NC(=O)Nc2nc(C)c(C(=O)NCc3ccncc3)s2)cc1. The number of aryl methyl sites for hydroxylation is 2. The maximum absolute atomic E-state index is 12.4. The van der Waals surface area contributed by atoms with Crippen molar-refractivity contribution in [1.29, 1.82) is 0 Å². The van der Waals surface area contributed by atoms with Gasteiger partial charge < -0.3 is 10.6 Å². The van der Waals surface area contributed by atoms with E-state index >= 15 is 0 Å². The molecule has 0 aliphatic heterocycles. The van der Waals surface area contributed by atoms with Crippen molar-refractivity contribution in [2.75, 3.05) is 10.6 Å². The molecule has 0 radical (unpaired) electrons. The molecule has 3 aromatic rings. The molecule has 0 spiro atoms. The smallest absolute Gasteiger partial charge is 0.325 e. The predicted octanol–water partition coefficient (Wildman–Crippen LogP) is 3.73. The van der Waals surface area contributed by atoms with Crippen LogP contribution < -0.4 is 16.0 Å². The fourth-order valence-electron chi connectivity index (χ4n) is 2.32. The van der Waals surface area contributed by atoms with E-state index in [4.69, 9.17) is 0 Å². The molecule has 0 atom stereocenters. The molecule has 3 amide bonds. The van der Waals surface area contributed by atoms with Crippen LogP contribution in [0.3, 0.4) is 0 Å². The Morgan fingerprint density at radius 1 is 1.00 bits per heavy atom. The summed E-state index contributed by atoms with van der Waals surface area (Å²) in [6.07, 6.45) is 3.35. The average Bonchev–Trinajstić information content (AvgIpc) is 3.02. The van der Waals surface area contributed by atoms with Crippen LogP contribution in [0.5, 0.6) is 0 Å². The third-order valence-electron chi connectivity index (χ3n) is 3.74. The van der Waals surface area contributed by atoms with E-state index < -0.39 is 6.03 Å². The lowest BCUT2D eigenvalue weighted by Gasteiger charge is -2.05. The van der Waals surface area contributed by atoms with Crippen LogP contribution in [0, 0.1) is 13.8 Å². The Bertz CT molecular complexity index is 938. The van der Waals surface area contributed by atoms with Gasteiger partial charge in [0.15, 0.2) is 5.13 Å². The lowest BCUT2D eigenvalue weighted by molar-refractivity contribution is 0.0954. The number of pyridine rings is 1. The lowest BCUT2D eigenvalue weighted by atomic mass is 10.2. The van der Waals surface area contributed by atoms with E-state index in [0.29, 0.717) is 27.9 Å². The van der Waals surface area contributed by atoms with Crippen LogP contribution in [0.15, 0.2) is 48.8 Å². The number of benzene rings is 1. The van der Waals surface area contributed by atoms with Crippen molar-refractivity contribution < 1.29 is 9.59 Å². The monoisotopic (exact) mass is 381 g/mol. The quantitative estimate of drug-likeness (QED) is 0.627.